The van der Waals surface area contributed by atoms with Gasteiger partial charge in [-0.2, -0.15) is 5.10 Å². The number of rotatable bonds is 8. The fraction of sp³-hybridized carbons (Fsp3) is 0.462. The monoisotopic (exact) mass is 467 g/mol. The van der Waals surface area contributed by atoms with Crippen molar-refractivity contribution in [2.75, 3.05) is 48.1 Å². The van der Waals surface area contributed by atoms with Gasteiger partial charge in [-0.05, 0) is 56.3 Å². The van der Waals surface area contributed by atoms with Gasteiger partial charge in [-0.1, -0.05) is 6.42 Å². The lowest BCUT2D eigenvalue weighted by molar-refractivity contribution is -0.134. The molecule has 4 rings (SSSR count). The Morgan fingerprint density at radius 1 is 0.882 bits per heavy atom. The lowest BCUT2D eigenvalue weighted by Gasteiger charge is -2.29. The normalized spacial score (nSPS) is 18.4. The quantitative estimate of drug-likeness (QED) is 0.587. The Bertz CT molecular complexity index is 1050. The zero-order chi connectivity index (χ0) is 24.1. The fourth-order valence-corrected chi connectivity index (χ4v) is 4.65. The van der Waals surface area contributed by atoms with Gasteiger partial charge in [0.15, 0.2) is 11.5 Å². The highest BCUT2D eigenvalue weighted by molar-refractivity contribution is 6.03. The second-order valence-corrected chi connectivity index (χ2v) is 8.52. The topological polar surface area (TPSA) is 72.8 Å². The standard InChI is InChI=1S/C26H33N3O5/c1-31-19-9-10-20(24(15-19)33-3)22-16-21(18-8-11-23(32-2)25(14-18)34-4)27-29(22)26(30)17-28-12-6-5-7-13-28/h8-11,14-15,22H,5-7,12-13,16-17H2,1-4H3. The molecule has 34 heavy (non-hydrogen) atoms. The molecule has 0 aliphatic carbocycles. The average molecular weight is 468 g/mol. The number of hydrogen-bond donors (Lipinski definition) is 0. The molecule has 2 aliphatic heterocycles. The van der Waals surface area contributed by atoms with Crippen molar-refractivity contribution >= 4 is 11.6 Å². The van der Waals surface area contributed by atoms with Crippen LogP contribution in [0.25, 0.3) is 0 Å². The van der Waals surface area contributed by atoms with Gasteiger partial charge in [0.05, 0.1) is 46.7 Å². The second kappa shape index (κ2) is 10.8. The van der Waals surface area contributed by atoms with E-state index in [1.807, 2.05) is 36.4 Å². The second-order valence-electron chi connectivity index (χ2n) is 8.52. The Kier molecular flexibility index (Phi) is 7.57. The molecule has 2 aromatic rings. The Labute approximate surface area is 201 Å². The van der Waals surface area contributed by atoms with Crippen molar-refractivity contribution in [1.82, 2.24) is 9.91 Å². The summed E-state index contributed by atoms with van der Waals surface area (Å²) in [4.78, 5) is 15.7. The minimum absolute atomic E-state index is 0.0137. The maximum Gasteiger partial charge on any atom is 0.257 e. The predicted octanol–water partition coefficient (Wildman–Crippen LogP) is 3.88. The molecule has 0 N–H and O–H groups in total. The van der Waals surface area contributed by atoms with E-state index in [2.05, 4.69) is 4.90 Å². The molecule has 8 heteroatoms. The van der Waals surface area contributed by atoms with Gasteiger partial charge in [0.25, 0.3) is 5.91 Å². The van der Waals surface area contributed by atoms with Crippen LogP contribution in [0.3, 0.4) is 0 Å². The van der Waals surface area contributed by atoms with Gasteiger partial charge >= 0.3 is 0 Å². The summed E-state index contributed by atoms with van der Waals surface area (Å²) in [5.41, 5.74) is 2.61. The highest BCUT2D eigenvalue weighted by Crippen LogP contribution is 2.40. The van der Waals surface area contributed by atoms with Gasteiger partial charge in [0.1, 0.15) is 11.5 Å². The molecule has 1 unspecified atom stereocenters. The van der Waals surface area contributed by atoms with Crippen LogP contribution in [0.1, 0.15) is 42.9 Å². The Morgan fingerprint density at radius 2 is 1.62 bits per heavy atom. The van der Waals surface area contributed by atoms with Gasteiger partial charge in [0.2, 0.25) is 0 Å². The molecule has 0 spiro atoms. The van der Waals surface area contributed by atoms with Gasteiger partial charge in [-0.25, -0.2) is 5.01 Å². The summed E-state index contributed by atoms with van der Waals surface area (Å²) in [7, 11) is 6.47. The molecule has 1 atom stereocenters. The molecule has 1 amide bonds. The van der Waals surface area contributed by atoms with Crippen molar-refractivity contribution in [3.63, 3.8) is 0 Å². The van der Waals surface area contributed by atoms with E-state index in [9.17, 15) is 4.79 Å². The van der Waals surface area contributed by atoms with Gasteiger partial charge in [-0.3, -0.25) is 9.69 Å². The maximum atomic E-state index is 13.5. The van der Waals surface area contributed by atoms with Crippen LogP contribution in [0.4, 0.5) is 0 Å². The van der Waals surface area contributed by atoms with Crippen LogP contribution in [-0.2, 0) is 4.79 Å². The first kappa shape index (κ1) is 23.9. The molecular formula is C26H33N3O5. The number of carbonyl (C=O) groups is 1. The molecule has 0 aromatic heterocycles. The van der Waals surface area contributed by atoms with Crippen molar-refractivity contribution in [3.05, 3.63) is 47.5 Å². The average Bonchev–Trinajstić information content (AvgIpc) is 3.34. The molecule has 0 saturated carbocycles. The zero-order valence-electron chi connectivity index (χ0n) is 20.4. The highest BCUT2D eigenvalue weighted by atomic mass is 16.5. The summed E-state index contributed by atoms with van der Waals surface area (Å²) >= 11 is 0. The molecule has 0 radical (unpaired) electrons. The molecule has 1 fully saturated rings. The Hall–Kier alpha value is -3.26. The van der Waals surface area contributed by atoms with E-state index >= 15 is 0 Å². The third-order valence-corrected chi connectivity index (χ3v) is 6.49. The number of amides is 1. The van der Waals surface area contributed by atoms with Crippen LogP contribution in [0.15, 0.2) is 41.5 Å². The first-order valence-corrected chi connectivity index (χ1v) is 11.6. The zero-order valence-corrected chi connectivity index (χ0v) is 20.4. The molecule has 0 bridgehead atoms. The number of methoxy groups -OCH3 is 4. The minimum Gasteiger partial charge on any atom is -0.497 e. The molecule has 182 valence electrons. The summed E-state index contributed by atoms with van der Waals surface area (Å²) in [6, 6.07) is 11.1. The van der Waals surface area contributed by atoms with Crippen LogP contribution in [-0.4, -0.2) is 69.6 Å². The molecular weight excluding hydrogens is 434 g/mol. The summed E-state index contributed by atoms with van der Waals surface area (Å²) in [6.45, 7) is 2.25. The van der Waals surface area contributed by atoms with E-state index < -0.39 is 0 Å². The first-order valence-electron chi connectivity index (χ1n) is 11.6. The van der Waals surface area contributed by atoms with Crippen LogP contribution in [0.5, 0.6) is 23.0 Å². The van der Waals surface area contributed by atoms with E-state index in [0.29, 0.717) is 36.0 Å². The van der Waals surface area contributed by atoms with Crippen LogP contribution in [0, 0.1) is 0 Å². The van der Waals surface area contributed by atoms with Crippen LogP contribution >= 0.6 is 0 Å². The summed E-state index contributed by atoms with van der Waals surface area (Å²) in [5.74, 6) is 2.63. The predicted molar refractivity (Wildman–Crippen MR) is 130 cm³/mol. The van der Waals surface area contributed by atoms with E-state index in [1.54, 1.807) is 33.4 Å². The van der Waals surface area contributed by atoms with Crippen molar-refractivity contribution in [2.45, 2.75) is 31.7 Å². The molecule has 2 aliphatic rings. The summed E-state index contributed by atoms with van der Waals surface area (Å²) in [6.07, 6.45) is 4.04. The van der Waals surface area contributed by atoms with Crippen LogP contribution in [0.2, 0.25) is 0 Å². The number of benzene rings is 2. The number of likely N-dealkylation sites (tertiary alicyclic amines) is 1. The van der Waals surface area contributed by atoms with Crippen molar-refractivity contribution in [3.8, 4) is 23.0 Å². The molecule has 1 saturated heterocycles. The number of carbonyl (C=O) groups excluding carboxylic acids is 1. The third kappa shape index (κ3) is 4.97. The van der Waals surface area contributed by atoms with E-state index in [4.69, 9.17) is 24.0 Å². The van der Waals surface area contributed by atoms with E-state index in [0.717, 1.165) is 42.8 Å². The largest absolute Gasteiger partial charge is 0.497 e. The van der Waals surface area contributed by atoms with E-state index in [-0.39, 0.29) is 11.9 Å². The molecule has 2 heterocycles. The van der Waals surface area contributed by atoms with Crippen LogP contribution < -0.4 is 18.9 Å². The minimum atomic E-state index is -0.277. The van der Waals surface area contributed by atoms with E-state index in [1.165, 1.54) is 6.42 Å². The van der Waals surface area contributed by atoms with Gasteiger partial charge < -0.3 is 18.9 Å². The number of nitrogens with zero attached hydrogens (tertiary/aromatic N) is 3. The van der Waals surface area contributed by atoms with Crippen molar-refractivity contribution in [2.24, 2.45) is 5.10 Å². The third-order valence-electron chi connectivity index (χ3n) is 6.49. The Morgan fingerprint density at radius 3 is 2.29 bits per heavy atom. The number of ether oxygens (including phenoxy) is 4. The number of piperidine rings is 1. The SMILES string of the molecule is COc1ccc(C2CC(c3ccc(OC)c(OC)c3)=NN2C(=O)CN2CCCCC2)c(OC)c1. The fourth-order valence-electron chi connectivity index (χ4n) is 4.65. The molecule has 8 nitrogen and oxygen atoms in total. The van der Waals surface area contributed by atoms with Crippen molar-refractivity contribution < 1.29 is 23.7 Å². The molecule has 2 aromatic carbocycles. The first-order chi connectivity index (χ1) is 16.6. The maximum absolute atomic E-state index is 13.5. The summed E-state index contributed by atoms with van der Waals surface area (Å²) in [5, 5.41) is 6.45. The Balaban J connectivity index is 1.68. The van der Waals surface area contributed by atoms with Gasteiger partial charge in [-0.15, -0.1) is 0 Å². The van der Waals surface area contributed by atoms with Gasteiger partial charge in [0, 0.05) is 23.6 Å². The number of hydrogen-bond acceptors (Lipinski definition) is 7. The summed E-state index contributed by atoms with van der Waals surface area (Å²) < 4.78 is 21.9. The highest BCUT2D eigenvalue weighted by Gasteiger charge is 2.36. The number of hydrazone groups is 1. The van der Waals surface area contributed by atoms with Crippen molar-refractivity contribution in [1.29, 1.82) is 0 Å². The smallest absolute Gasteiger partial charge is 0.257 e. The lowest BCUT2D eigenvalue weighted by atomic mass is 9.97. The lowest BCUT2D eigenvalue weighted by Crippen LogP contribution is -2.40.